The molecule has 47 heavy (non-hydrogen) atoms. The first-order valence-corrected chi connectivity index (χ1v) is 18.5. The molecule has 6 heteroatoms. The quantitative estimate of drug-likeness (QED) is 0.188. The average molecular weight is 651 g/mol. The van der Waals surface area contributed by atoms with Gasteiger partial charge in [0.2, 0.25) is 0 Å². The maximum Gasteiger partial charge on any atom is 0.166 e. The van der Waals surface area contributed by atoms with Gasteiger partial charge in [-0.3, -0.25) is 9.88 Å². The lowest BCUT2D eigenvalue weighted by Crippen LogP contribution is -2.59. The van der Waals surface area contributed by atoms with Crippen molar-refractivity contribution in [3.05, 3.63) is 83.6 Å². The molecule has 3 saturated heterocycles. The highest BCUT2D eigenvalue weighted by Crippen LogP contribution is 2.57. The minimum atomic E-state index is 0.0438. The molecule has 0 spiro atoms. The summed E-state index contributed by atoms with van der Waals surface area (Å²) in [7, 11) is 1.73. The molecular formula is C41H54N4OS. The van der Waals surface area contributed by atoms with Gasteiger partial charge in [-0.1, -0.05) is 58.4 Å². The predicted octanol–water partition coefficient (Wildman–Crippen LogP) is 8.48. The predicted molar refractivity (Wildman–Crippen MR) is 198 cm³/mol. The molecule has 2 aromatic carbocycles. The number of ether oxygens (including phenoxy) is 1. The lowest BCUT2D eigenvalue weighted by atomic mass is 9.49. The number of aromatic nitrogens is 1. The average Bonchev–Trinajstić information content (AvgIpc) is 3.09. The van der Waals surface area contributed by atoms with Crippen molar-refractivity contribution in [1.29, 1.82) is 0 Å². The Labute approximate surface area is 287 Å². The number of fused-ring (bicyclic) bond motifs is 7. The maximum absolute atomic E-state index is 6.20. The third-order valence-corrected chi connectivity index (χ3v) is 13.2. The maximum atomic E-state index is 6.20. The van der Waals surface area contributed by atoms with E-state index in [9.17, 15) is 0 Å². The Morgan fingerprint density at radius 1 is 1.15 bits per heavy atom. The lowest BCUT2D eigenvalue weighted by Gasteiger charge is -2.56. The van der Waals surface area contributed by atoms with E-state index in [1.54, 1.807) is 18.2 Å². The summed E-state index contributed by atoms with van der Waals surface area (Å²) >= 11 is 6.20. The molecule has 0 amide bonds. The molecule has 0 radical (unpaired) electrons. The largest absolute Gasteiger partial charge is 0.497 e. The van der Waals surface area contributed by atoms with Crippen LogP contribution in [-0.2, 0) is 11.8 Å². The first-order chi connectivity index (χ1) is 22.6. The fourth-order valence-electron chi connectivity index (χ4n) is 10.3. The van der Waals surface area contributed by atoms with Gasteiger partial charge >= 0.3 is 0 Å². The number of aryl methyl sites for hydroxylation is 1. The summed E-state index contributed by atoms with van der Waals surface area (Å²) in [4.78, 5) is 7.40. The van der Waals surface area contributed by atoms with Crippen LogP contribution in [0.1, 0.15) is 100 Å². The number of benzene rings is 2. The summed E-state index contributed by atoms with van der Waals surface area (Å²) in [5.74, 6) is 3.28. The van der Waals surface area contributed by atoms with Crippen LogP contribution in [0.25, 0.3) is 10.9 Å². The van der Waals surface area contributed by atoms with Crippen LogP contribution in [0.15, 0.2) is 61.3 Å². The number of nitrogens with zero attached hydrogens (tertiary/aromatic N) is 2. The molecule has 2 N–H and O–H groups in total. The molecule has 3 aliphatic heterocycles. The van der Waals surface area contributed by atoms with E-state index in [0.29, 0.717) is 29.7 Å². The first kappa shape index (κ1) is 32.6. The van der Waals surface area contributed by atoms with Crippen LogP contribution in [0.3, 0.4) is 0 Å². The van der Waals surface area contributed by atoms with Crippen molar-refractivity contribution in [2.45, 2.75) is 96.1 Å². The van der Waals surface area contributed by atoms with Crippen LogP contribution < -0.4 is 15.4 Å². The molecule has 1 aromatic heterocycles. The molecule has 8 atom stereocenters. The second kappa shape index (κ2) is 12.8. The number of nitrogens with one attached hydrogen (secondary N) is 2. The molecule has 5 unspecified atom stereocenters. The van der Waals surface area contributed by atoms with Crippen LogP contribution in [-0.4, -0.2) is 47.8 Å². The minimum Gasteiger partial charge on any atom is -0.497 e. The van der Waals surface area contributed by atoms with Gasteiger partial charge in [-0.2, -0.15) is 0 Å². The van der Waals surface area contributed by atoms with E-state index in [1.807, 2.05) is 12.3 Å². The van der Waals surface area contributed by atoms with Gasteiger partial charge in [-0.05, 0) is 138 Å². The Morgan fingerprint density at radius 3 is 2.74 bits per heavy atom. The van der Waals surface area contributed by atoms with E-state index in [1.165, 1.54) is 49.7 Å². The normalized spacial score (nSPS) is 31.9. The molecule has 1 saturated carbocycles. The summed E-state index contributed by atoms with van der Waals surface area (Å²) in [5, 5.41) is 9.61. The Bertz CT molecular complexity index is 1650. The van der Waals surface area contributed by atoms with Gasteiger partial charge in [-0.15, -0.1) is 6.58 Å². The van der Waals surface area contributed by atoms with Gasteiger partial charge < -0.3 is 15.4 Å². The zero-order valence-corrected chi connectivity index (χ0v) is 30.0. The van der Waals surface area contributed by atoms with Crippen molar-refractivity contribution in [1.82, 2.24) is 20.5 Å². The van der Waals surface area contributed by atoms with Gasteiger partial charge in [0.25, 0.3) is 0 Å². The highest BCUT2D eigenvalue weighted by atomic mass is 32.1. The van der Waals surface area contributed by atoms with E-state index in [-0.39, 0.29) is 16.9 Å². The van der Waals surface area contributed by atoms with Gasteiger partial charge in [0, 0.05) is 30.7 Å². The highest BCUT2D eigenvalue weighted by Gasteiger charge is 2.52. The molecule has 2 bridgehead atoms. The summed E-state index contributed by atoms with van der Waals surface area (Å²) in [5.41, 5.74) is 7.27. The number of piperidine rings is 3. The highest BCUT2D eigenvalue weighted by molar-refractivity contribution is 7.80. The van der Waals surface area contributed by atoms with Gasteiger partial charge in [0.1, 0.15) is 5.75 Å². The smallest absolute Gasteiger partial charge is 0.166 e. The second-order valence-corrected chi connectivity index (χ2v) is 16.3. The minimum absolute atomic E-state index is 0.0438. The van der Waals surface area contributed by atoms with Crippen molar-refractivity contribution in [2.24, 2.45) is 23.2 Å². The van der Waals surface area contributed by atoms with Crippen LogP contribution in [0.2, 0.25) is 0 Å². The molecule has 4 fully saturated rings. The van der Waals surface area contributed by atoms with Crippen molar-refractivity contribution >= 4 is 28.2 Å². The Hall–Kier alpha value is -2.96. The fourth-order valence-corrected chi connectivity index (χ4v) is 10.5. The summed E-state index contributed by atoms with van der Waals surface area (Å²) in [6.45, 7) is 17.0. The van der Waals surface area contributed by atoms with Gasteiger partial charge in [0.15, 0.2) is 5.11 Å². The third-order valence-electron chi connectivity index (χ3n) is 13.0. The second-order valence-electron chi connectivity index (χ2n) is 15.9. The number of hydrogen-bond donors (Lipinski definition) is 2. The van der Waals surface area contributed by atoms with Gasteiger partial charge in [-0.25, -0.2) is 0 Å². The van der Waals surface area contributed by atoms with E-state index < -0.39 is 0 Å². The monoisotopic (exact) mass is 650 g/mol. The van der Waals surface area contributed by atoms with Crippen LogP contribution in [0.5, 0.6) is 5.75 Å². The van der Waals surface area contributed by atoms with Crippen molar-refractivity contribution in [3.8, 4) is 5.75 Å². The summed E-state index contributed by atoms with van der Waals surface area (Å²) in [6, 6.07) is 16.2. The number of methoxy groups -OCH3 is 1. The first-order valence-electron chi connectivity index (χ1n) is 18.1. The lowest BCUT2D eigenvalue weighted by molar-refractivity contribution is 0.00407. The van der Waals surface area contributed by atoms with Crippen molar-refractivity contribution in [2.75, 3.05) is 26.7 Å². The molecule has 2 aliphatic carbocycles. The third kappa shape index (κ3) is 5.88. The zero-order chi connectivity index (χ0) is 32.9. The number of pyridine rings is 1. The van der Waals surface area contributed by atoms with Gasteiger partial charge in [0.05, 0.1) is 18.7 Å². The van der Waals surface area contributed by atoms with Crippen LogP contribution in [0.4, 0.5) is 0 Å². The SMILES string of the molecule is C=CC1CN2CCC1CC2C(NC(=S)NC[C@]1(C)CCC[C@]2(C)c3ccc(C(C)C)cc3CC[C@@H]12)c1ccnc2ccc(OC)cc12. The number of hydrogen-bond acceptors (Lipinski definition) is 4. The molecule has 250 valence electrons. The van der Waals surface area contributed by atoms with Crippen molar-refractivity contribution in [3.63, 3.8) is 0 Å². The molecule has 5 nitrogen and oxygen atoms in total. The van der Waals surface area contributed by atoms with E-state index in [0.717, 1.165) is 47.8 Å². The Kier molecular flexibility index (Phi) is 8.88. The molecule has 4 heterocycles. The van der Waals surface area contributed by atoms with E-state index in [2.05, 4.69) is 92.3 Å². The summed E-state index contributed by atoms with van der Waals surface area (Å²) in [6.07, 6.45) is 12.7. The number of thiocarbonyl (C=S) groups is 1. The zero-order valence-electron chi connectivity index (χ0n) is 29.1. The summed E-state index contributed by atoms with van der Waals surface area (Å²) < 4.78 is 5.66. The van der Waals surface area contributed by atoms with Crippen LogP contribution >= 0.6 is 12.2 Å². The molecule has 3 aromatic rings. The fraction of sp³-hybridized carbons (Fsp3) is 0.561. The van der Waals surface area contributed by atoms with Crippen LogP contribution in [0, 0.1) is 23.2 Å². The Morgan fingerprint density at radius 2 is 2.00 bits per heavy atom. The van der Waals surface area contributed by atoms with E-state index in [4.69, 9.17) is 21.9 Å². The number of rotatable bonds is 8. The molecular weight excluding hydrogens is 597 g/mol. The Balaban J connectivity index is 1.14. The molecule has 8 rings (SSSR count). The topological polar surface area (TPSA) is 49.4 Å². The standard InChI is InChI=1S/C41H54N4OS/c1-7-27-24-45-20-16-29(27)22-36(45)38(32-15-19-42-35-13-11-31(46-6)23-33(32)35)44-39(47)43-25-40(4)17-8-18-41(5)34-12-9-28(26(2)3)21-30(34)10-14-37(40)41/h7,9,11-13,15,19,21,23,26-27,29,36-38H,1,8,10,14,16-18,20,22,24-25H2,2-6H3,(H2,43,44,47)/t27?,29?,36?,37-,38?,40-,41+/m0/s1. The molecule has 5 aliphatic rings. The van der Waals surface area contributed by atoms with E-state index >= 15 is 0 Å². The van der Waals surface area contributed by atoms with Crippen molar-refractivity contribution < 1.29 is 4.74 Å².